The van der Waals surface area contributed by atoms with Gasteiger partial charge in [0.1, 0.15) is 5.76 Å². The zero-order valence-electron chi connectivity index (χ0n) is 12.1. The molecule has 0 N–H and O–H groups in total. The maximum atomic E-state index is 12.8. The molecule has 5 nitrogen and oxygen atoms in total. The first-order chi connectivity index (χ1) is 10.2. The molecule has 21 heavy (non-hydrogen) atoms. The lowest BCUT2D eigenvalue weighted by Crippen LogP contribution is -2.32. The van der Waals surface area contributed by atoms with Crippen LogP contribution in [0, 0.1) is 5.92 Å². The Labute approximate surface area is 123 Å². The fourth-order valence-electron chi connectivity index (χ4n) is 3.49. The Balaban J connectivity index is 1.49. The Hall–Kier alpha value is -2.04. The van der Waals surface area contributed by atoms with Crippen LogP contribution in [0.25, 0.3) is 0 Å². The van der Waals surface area contributed by atoms with Crippen LogP contribution in [-0.2, 0) is 11.8 Å². The first-order valence-electron chi connectivity index (χ1n) is 7.56. The summed E-state index contributed by atoms with van der Waals surface area (Å²) < 4.78 is 7.24. The van der Waals surface area contributed by atoms with Gasteiger partial charge in [-0.15, -0.1) is 0 Å². The van der Waals surface area contributed by atoms with Gasteiger partial charge in [-0.3, -0.25) is 9.48 Å². The third-order valence-corrected chi connectivity index (χ3v) is 4.66. The zero-order chi connectivity index (χ0) is 14.4. The molecule has 0 aromatic carbocycles. The Bertz CT molecular complexity index is 646. The maximum Gasteiger partial charge on any atom is 0.226 e. The molecule has 1 aliphatic carbocycles. The summed E-state index contributed by atoms with van der Waals surface area (Å²) >= 11 is 0. The lowest BCUT2D eigenvalue weighted by Gasteiger charge is -2.24. The smallest absolute Gasteiger partial charge is 0.226 e. The monoisotopic (exact) mass is 285 g/mol. The summed E-state index contributed by atoms with van der Waals surface area (Å²) in [6.45, 7) is 0.861. The van der Waals surface area contributed by atoms with Crippen LogP contribution >= 0.6 is 0 Å². The van der Waals surface area contributed by atoms with E-state index in [4.69, 9.17) is 4.42 Å². The molecule has 2 aromatic rings. The van der Waals surface area contributed by atoms with Gasteiger partial charge in [0, 0.05) is 37.2 Å². The lowest BCUT2D eigenvalue weighted by molar-refractivity contribution is -0.133. The highest BCUT2D eigenvalue weighted by Gasteiger charge is 2.49. The number of rotatable bonds is 3. The number of aryl methyl sites for hydroxylation is 1. The van der Waals surface area contributed by atoms with Crippen LogP contribution in [0.4, 0.5) is 0 Å². The van der Waals surface area contributed by atoms with Crippen LogP contribution in [0.3, 0.4) is 0 Å². The summed E-state index contributed by atoms with van der Waals surface area (Å²) in [6, 6.07) is 4.06. The molecule has 2 aliphatic rings. The van der Waals surface area contributed by atoms with E-state index in [9.17, 15) is 4.79 Å². The van der Waals surface area contributed by atoms with Crippen molar-refractivity contribution in [1.82, 2.24) is 14.7 Å². The average Bonchev–Trinajstić information content (AvgIpc) is 2.95. The zero-order valence-corrected chi connectivity index (χ0v) is 12.1. The van der Waals surface area contributed by atoms with E-state index in [-0.39, 0.29) is 23.8 Å². The van der Waals surface area contributed by atoms with Gasteiger partial charge in [0.25, 0.3) is 0 Å². The first kappa shape index (κ1) is 12.7. The van der Waals surface area contributed by atoms with E-state index >= 15 is 0 Å². The molecule has 4 rings (SSSR count). The van der Waals surface area contributed by atoms with Crippen molar-refractivity contribution >= 4 is 5.91 Å². The van der Waals surface area contributed by atoms with E-state index in [1.54, 1.807) is 10.9 Å². The highest BCUT2D eigenvalue weighted by molar-refractivity contribution is 5.83. The summed E-state index contributed by atoms with van der Waals surface area (Å²) in [5, 5.41) is 4.23. The standard InChI is InChI=1S/C16H19N3O2/c1-18-10-11(9-17-18)14-4-2-6-19(14)16(20)13-8-12(13)15-5-3-7-21-15/h3,5,7,9-10,12-14H,2,4,6,8H2,1H3. The summed E-state index contributed by atoms with van der Waals surface area (Å²) in [6.07, 6.45) is 8.62. The van der Waals surface area contributed by atoms with Gasteiger partial charge in [0.2, 0.25) is 5.91 Å². The van der Waals surface area contributed by atoms with E-state index < -0.39 is 0 Å². The van der Waals surface area contributed by atoms with Crippen molar-refractivity contribution < 1.29 is 9.21 Å². The largest absolute Gasteiger partial charge is 0.469 e. The second-order valence-electron chi connectivity index (χ2n) is 6.10. The predicted molar refractivity (Wildman–Crippen MR) is 76.5 cm³/mol. The normalized spacial score (nSPS) is 28.0. The summed E-state index contributed by atoms with van der Waals surface area (Å²) in [7, 11) is 1.92. The van der Waals surface area contributed by atoms with Gasteiger partial charge in [0.05, 0.1) is 18.5 Å². The van der Waals surface area contributed by atoms with E-state index in [0.717, 1.165) is 37.1 Å². The number of aromatic nitrogens is 2. The van der Waals surface area contributed by atoms with Crippen molar-refractivity contribution in [2.45, 2.75) is 31.2 Å². The molecule has 3 unspecified atom stereocenters. The van der Waals surface area contributed by atoms with Gasteiger partial charge in [-0.1, -0.05) is 0 Å². The molecule has 1 aliphatic heterocycles. The highest BCUT2D eigenvalue weighted by Crippen LogP contribution is 2.50. The quantitative estimate of drug-likeness (QED) is 0.870. The van der Waals surface area contributed by atoms with Crippen LogP contribution in [0.5, 0.6) is 0 Å². The Morgan fingerprint density at radius 2 is 2.38 bits per heavy atom. The molecule has 110 valence electrons. The SMILES string of the molecule is Cn1cc(C2CCCN2C(=O)C2CC2c2ccco2)cn1. The molecule has 3 atom stereocenters. The summed E-state index contributed by atoms with van der Waals surface area (Å²) in [5.41, 5.74) is 1.15. The van der Waals surface area contributed by atoms with Crippen molar-refractivity contribution in [3.8, 4) is 0 Å². The highest BCUT2D eigenvalue weighted by atomic mass is 16.3. The fraction of sp³-hybridized carbons (Fsp3) is 0.500. The Morgan fingerprint density at radius 1 is 1.48 bits per heavy atom. The minimum Gasteiger partial charge on any atom is -0.469 e. The van der Waals surface area contributed by atoms with Crippen molar-refractivity contribution in [3.05, 3.63) is 42.1 Å². The molecule has 1 saturated carbocycles. The number of hydrogen-bond acceptors (Lipinski definition) is 3. The number of nitrogens with zero attached hydrogens (tertiary/aromatic N) is 3. The van der Waals surface area contributed by atoms with Crippen LogP contribution in [0.1, 0.15) is 42.5 Å². The van der Waals surface area contributed by atoms with Crippen molar-refractivity contribution in [2.24, 2.45) is 13.0 Å². The van der Waals surface area contributed by atoms with E-state index in [0.29, 0.717) is 0 Å². The molecule has 1 saturated heterocycles. The number of likely N-dealkylation sites (tertiary alicyclic amines) is 1. The number of carbonyl (C=O) groups is 1. The molecule has 0 radical (unpaired) electrons. The van der Waals surface area contributed by atoms with Crippen LogP contribution in [0.15, 0.2) is 35.2 Å². The number of hydrogen-bond donors (Lipinski definition) is 0. The number of amides is 1. The molecule has 5 heteroatoms. The fourth-order valence-corrected chi connectivity index (χ4v) is 3.49. The summed E-state index contributed by atoms with van der Waals surface area (Å²) in [5.74, 6) is 1.62. The minimum absolute atomic E-state index is 0.105. The van der Waals surface area contributed by atoms with E-state index in [1.807, 2.05) is 36.5 Å². The van der Waals surface area contributed by atoms with Gasteiger partial charge < -0.3 is 9.32 Å². The Morgan fingerprint density at radius 3 is 3.10 bits per heavy atom. The van der Waals surface area contributed by atoms with Crippen molar-refractivity contribution in [3.63, 3.8) is 0 Å². The number of furan rings is 1. The molecule has 1 amide bonds. The summed E-state index contributed by atoms with van der Waals surface area (Å²) in [4.78, 5) is 14.8. The van der Waals surface area contributed by atoms with E-state index in [2.05, 4.69) is 5.10 Å². The van der Waals surface area contributed by atoms with Crippen LogP contribution < -0.4 is 0 Å². The molecular weight excluding hydrogens is 266 g/mol. The van der Waals surface area contributed by atoms with Gasteiger partial charge >= 0.3 is 0 Å². The Kier molecular flexibility index (Phi) is 2.87. The van der Waals surface area contributed by atoms with Gasteiger partial charge in [-0.2, -0.15) is 5.10 Å². The maximum absolute atomic E-state index is 12.8. The van der Waals surface area contributed by atoms with Crippen LogP contribution in [0.2, 0.25) is 0 Å². The molecule has 2 fully saturated rings. The third kappa shape index (κ3) is 2.17. The molecule has 2 aromatic heterocycles. The first-order valence-corrected chi connectivity index (χ1v) is 7.56. The molecule has 3 heterocycles. The third-order valence-electron chi connectivity index (χ3n) is 4.66. The molecular formula is C16H19N3O2. The number of carbonyl (C=O) groups excluding carboxylic acids is 1. The van der Waals surface area contributed by atoms with Crippen molar-refractivity contribution in [1.29, 1.82) is 0 Å². The second-order valence-corrected chi connectivity index (χ2v) is 6.10. The van der Waals surface area contributed by atoms with Gasteiger partial charge in [-0.05, 0) is 31.4 Å². The van der Waals surface area contributed by atoms with E-state index in [1.165, 1.54) is 0 Å². The van der Waals surface area contributed by atoms with Gasteiger partial charge in [0.15, 0.2) is 0 Å². The molecule has 0 bridgehead atoms. The lowest BCUT2D eigenvalue weighted by atomic mass is 10.1. The topological polar surface area (TPSA) is 51.3 Å². The molecule has 0 spiro atoms. The van der Waals surface area contributed by atoms with Crippen molar-refractivity contribution in [2.75, 3.05) is 6.54 Å². The predicted octanol–water partition coefficient (Wildman–Crippen LogP) is 2.48. The second kappa shape index (κ2) is 4.76. The minimum atomic E-state index is 0.105. The van der Waals surface area contributed by atoms with Crippen LogP contribution in [-0.4, -0.2) is 27.1 Å². The average molecular weight is 285 g/mol. The van der Waals surface area contributed by atoms with Gasteiger partial charge in [-0.25, -0.2) is 0 Å².